The lowest BCUT2D eigenvalue weighted by molar-refractivity contribution is 0.0749. The Hall–Kier alpha value is -3.35. The highest BCUT2D eigenvalue weighted by Crippen LogP contribution is 2.32. The van der Waals surface area contributed by atoms with E-state index in [0.29, 0.717) is 48.6 Å². The topological polar surface area (TPSA) is 59.4 Å². The summed E-state index contributed by atoms with van der Waals surface area (Å²) in [7, 11) is 0. The first kappa shape index (κ1) is 19.6. The van der Waals surface area contributed by atoms with E-state index < -0.39 is 0 Å². The molecule has 7 heteroatoms. The molecule has 6 nitrogen and oxygen atoms in total. The van der Waals surface area contributed by atoms with Gasteiger partial charge in [0.2, 0.25) is 0 Å². The Morgan fingerprint density at radius 3 is 2.74 bits per heavy atom. The van der Waals surface area contributed by atoms with Crippen LogP contribution in [0.25, 0.3) is 0 Å². The lowest BCUT2D eigenvalue weighted by Crippen LogP contribution is -2.35. The van der Waals surface area contributed by atoms with Crippen LogP contribution >= 0.6 is 0 Å². The van der Waals surface area contributed by atoms with Crippen LogP contribution in [0, 0.1) is 11.7 Å². The van der Waals surface area contributed by atoms with E-state index in [1.54, 1.807) is 12.1 Å². The molecule has 3 aromatic rings. The molecule has 0 radical (unpaired) electrons. The number of halogens is 1. The summed E-state index contributed by atoms with van der Waals surface area (Å²) in [4.78, 5) is 20.1. The highest BCUT2D eigenvalue weighted by Gasteiger charge is 2.33. The van der Waals surface area contributed by atoms with E-state index in [-0.39, 0.29) is 18.3 Å². The van der Waals surface area contributed by atoms with Crippen LogP contribution in [-0.4, -0.2) is 40.0 Å². The Labute approximate surface area is 180 Å². The predicted octanol–water partition coefficient (Wildman–Crippen LogP) is 3.93. The first-order valence-corrected chi connectivity index (χ1v) is 10.7. The van der Waals surface area contributed by atoms with Gasteiger partial charge in [-0.05, 0) is 36.5 Å². The molecule has 31 heavy (non-hydrogen) atoms. The summed E-state index contributed by atoms with van der Waals surface area (Å²) in [6.07, 6.45) is 2.39. The molecule has 0 bridgehead atoms. The van der Waals surface area contributed by atoms with Gasteiger partial charge < -0.3 is 19.5 Å². The summed E-state index contributed by atoms with van der Waals surface area (Å²) < 4.78 is 21.3. The minimum Gasteiger partial charge on any atom is -0.486 e. The van der Waals surface area contributed by atoms with Gasteiger partial charge in [-0.25, -0.2) is 9.37 Å². The molecule has 1 amide bonds. The molecule has 0 saturated heterocycles. The molecule has 1 aromatic heterocycles. The van der Waals surface area contributed by atoms with Crippen LogP contribution in [0.5, 0.6) is 5.75 Å². The molecule has 0 unspecified atom stereocenters. The summed E-state index contributed by atoms with van der Waals surface area (Å²) in [5, 5.41) is 3.32. The maximum atomic E-state index is 13.5. The number of aromatic nitrogens is 2. The molecule has 1 N–H and O–H groups in total. The standard InChI is InChI=1S/C24H25FN4O2/c25-19-7-4-8-20(13-19)31-16-21-27-23-22(29(21)15-17-5-2-1-3-6-17)24(30)28(12-11-26-23)14-18-9-10-18/h1-8,13,18,26H,9-12,14-16H2. The molecular weight excluding hydrogens is 395 g/mol. The number of nitrogens with zero attached hydrogens (tertiary/aromatic N) is 3. The number of hydrogen-bond donors (Lipinski definition) is 1. The third-order valence-electron chi connectivity index (χ3n) is 5.73. The Kier molecular flexibility index (Phi) is 5.32. The number of anilines is 1. The lowest BCUT2D eigenvalue weighted by Gasteiger charge is -2.21. The third kappa shape index (κ3) is 4.40. The Morgan fingerprint density at radius 1 is 1.13 bits per heavy atom. The molecule has 1 aliphatic heterocycles. The quantitative estimate of drug-likeness (QED) is 0.629. The minimum atomic E-state index is -0.353. The molecule has 160 valence electrons. The first-order valence-electron chi connectivity index (χ1n) is 10.7. The lowest BCUT2D eigenvalue weighted by atomic mass is 10.2. The number of benzene rings is 2. The fourth-order valence-corrected chi connectivity index (χ4v) is 3.94. The van der Waals surface area contributed by atoms with Crippen molar-refractivity contribution in [2.45, 2.75) is 26.0 Å². The summed E-state index contributed by atoms with van der Waals surface area (Å²) >= 11 is 0. The third-order valence-corrected chi connectivity index (χ3v) is 5.73. The molecule has 1 fully saturated rings. The fourth-order valence-electron chi connectivity index (χ4n) is 3.94. The molecule has 0 atom stereocenters. The van der Waals surface area contributed by atoms with Gasteiger partial charge in [0.15, 0.2) is 11.5 Å². The number of nitrogens with one attached hydrogen (secondary N) is 1. The molecule has 5 rings (SSSR count). The van der Waals surface area contributed by atoms with Gasteiger partial charge in [0, 0.05) is 32.2 Å². The van der Waals surface area contributed by atoms with E-state index >= 15 is 0 Å². The number of fused-ring (bicyclic) bond motifs is 1. The van der Waals surface area contributed by atoms with Crippen LogP contribution in [0.15, 0.2) is 54.6 Å². The number of carbonyl (C=O) groups is 1. The smallest absolute Gasteiger partial charge is 0.274 e. The van der Waals surface area contributed by atoms with Gasteiger partial charge in [0.25, 0.3) is 5.91 Å². The van der Waals surface area contributed by atoms with E-state index in [1.807, 2.05) is 39.8 Å². The van der Waals surface area contributed by atoms with E-state index in [1.165, 1.54) is 25.0 Å². The largest absolute Gasteiger partial charge is 0.486 e. The average Bonchev–Trinajstić information content (AvgIpc) is 3.55. The predicted molar refractivity (Wildman–Crippen MR) is 116 cm³/mol. The maximum absolute atomic E-state index is 13.5. The van der Waals surface area contributed by atoms with Gasteiger partial charge in [0.1, 0.15) is 24.0 Å². The van der Waals surface area contributed by atoms with Crippen LogP contribution in [0.2, 0.25) is 0 Å². The van der Waals surface area contributed by atoms with Gasteiger partial charge in [0.05, 0.1) is 0 Å². The normalized spacial score (nSPS) is 15.9. The fraction of sp³-hybridized carbons (Fsp3) is 0.333. The Morgan fingerprint density at radius 2 is 1.97 bits per heavy atom. The number of imidazole rings is 1. The zero-order valence-corrected chi connectivity index (χ0v) is 17.3. The molecule has 2 aromatic carbocycles. The highest BCUT2D eigenvalue weighted by atomic mass is 19.1. The zero-order chi connectivity index (χ0) is 21.2. The van der Waals surface area contributed by atoms with E-state index in [9.17, 15) is 9.18 Å². The number of carbonyl (C=O) groups excluding carboxylic acids is 1. The van der Waals surface area contributed by atoms with Crippen molar-refractivity contribution >= 4 is 11.7 Å². The number of hydrogen-bond acceptors (Lipinski definition) is 4. The van der Waals surface area contributed by atoms with Gasteiger partial charge in [-0.2, -0.15) is 0 Å². The molecule has 2 heterocycles. The van der Waals surface area contributed by atoms with E-state index in [4.69, 9.17) is 9.72 Å². The van der Waals surface area contributed by atoms with Crippen LogP contribution in [0.3, 0.4) is 0 Å². The Bertz CT molecular complexity index is 1080. The monoisotopic (exact) mass is 420 g/mol. The van der Waals surface area contributed by atoms with Crippen molar-refractivity contribution in [2.75, 3.05) is 25.0 Å². The first-order chi connectivity index (χ1) is 15.2. The van der Waals surface area contributed by atoms with Crippen LogP contribution in [-0.2, 0) is 13.2 Å². The average molecular weight is 420 g/mol. The summed E-state index contributed by atoms with van der Waals surface area (Å²) in [5.74, 6) is 1.93. The second-order valence-electron chi connectivity index (χ2n) is 8.16. The SMILES string of the molecule is O=C1c2c(nc(COc3cccc(F)c3)n2Cc2ccccc2)NCCN1CC1CC1. The number of ether oxygens (including phenoxy) is 1. The maximum Gasteiger partial charge on any atom is 0.274 e. The van der Waals surface area contributed by atoms with Crippen molar-refractivity contribution in [3.05, 3.63) is 77.5 Å². The molecule has 0 spiro atoms. The van der Waals surface area contributed by atoms with Gasteiger partial charge in [-0.1, -0.05) is 36.4 Å². The van der Waals surface area contributed by atoms with E-state index in [2.05, 4.69) is 5.32 Å². The van der Waals surface area contributed by atoms with Crippen molar-refractivity contribution in [1.82, 2.24) is 14.5 Å². The van der Waals surface area contributed by atoms with Gasteiger partial charge in [-0.3, -0.25) is 4.79 Å². The minimum absolute atomic E-state index is 0.00679. The second kappa shape index (κ2) is 8.41. The van der Waals surface area contributed by atoms with Crippen LogP contribution < -0.4 is 10.1 Å². The summed E-state index contributed by atoms with van der Waals surface area (Å²) in [6, 6.07) is 16.0. The van der Waals surface area contributed by atoms with Crippen molar-refractivity contribution in [1.29, 1.82) is 0 Å². The molecule has 1 aliphatic carbocycles. The Balaban J connectivity index is 1.48. The summed E-state index contributed by atoms with van der Waals surface area (Å²) in [5.41, 5.74) is 1.64. The highest BCUT2D eigenvalue weighted by molar-refractivity contribution is 5.98. The molecular formula is C24H25FN4O2. The van der Waals surface area contributed by atoms with Gasteiger partial charge >= 0.3 is 0 Å². The molecule has 1 saturated carbocycles. The summed E-state index contributed by atoms with van der Waals surface area (Å²) in [6.45, 7) is 2.78. The zero-order valence-electron chi connectivity index (χ0n) is 17.3. The van der Waals surface area contributed by atoms with Gasteiger partial charge in [-0.15, -0.1) is 0 Å². The molecule has 2 aliphatic rings. The van der Waals surface area contributed by atoms with Crippen LogP contribution in [0.4, 0.5) is 10.2 Å². The van der Waals surface area contributed by atoms with Crippen molar-refractivity contribution in [3.8, 4) is 5.75 Å². The van der Waals surface area contributed by atoms with Crippen LogP contribution in [0.1, 0.15) is 34.7 Å². The van der Waals surface area contributed by atoms with E-state index in [0.717, 1.165) is 12.1 Å². The number of amides is 1. The van der Waals surface area contributed by atoms with Crippen molar-refractivity contribution in [3.63, 3.8) is 0 Å². The van der Waals surface area contributed by atoms with Crippen molar-refractivity contribution < 1.29 is 13.9 Å². The second-order valence-corrected chi connectivity index (χ2v) is 8.16. The number of rotatable bonds is 7. The van der Waals surface area contributed by atoms with Crippen molar-refractivity contribution in [2.24, 2.45) is 5.92 Å².